The minimum Gasteiger partial charge on any atom is -0.374 e. The predicted octanol–water partition coefficient (Wildman–Crippen LogP) is 2.03. The van der Waals surface area contributed by atoms with E-state index in [-0.39, 0.29) is 39.2 Å². The fraction of sp³-hybridized carbons (Fsp3) is 0.529. The second-order valence-electron chi connectivity index (χ2n) is 7.19. The van der Waals surface area contributed by atoms with Gasteiger partial charge in [-0.05, 0) is 36.1 Å². The number of aromatic amines is 1. The zero-order chi connectivity index (χ0) is 22.1. The van der Waals surface area contributed by atoms with Crippen molar-refractivity contribution in [1.29, 1.82) is 0 Å². The Bertz CT molecular complexity index is 1120. The van der Waals surface area contributed by atoms with Gasteiger partial charge in [0.2, 0.25) is 10.0 Å². The monoisotopic (exact) mass is 437 g/mol. The molecule has 162 valence electrons. The number of rotatable bonds is 7. The van der Waals surface area contributed by atoms with Crippen LogP contribution in [0.15, 0.2) is 21.7 Å². The minimum atomic E-state index is -4.52. The highest BCUT2D eigenvalue weighted by Crippen LogP contribution is 2.30. The molecule has 2 rings (SSSR count). The zero-order valence-electron chi connectivity index (χ0n) is 16.3. The van der Waals surface area contributed by atoms with E-state index in [1.807, 2.05) is 13.8 Å². The van der Waals surface area contributed by atoms with Gasteiger partial charge in [0.1, 0.15) is 0 Å². The van der Waals surface area contributed by atoms with E-state index in [1.54, 1.807) is 11.8 Å². The van der Waals surface area contributed by atoms with Crippen molar-refractivity contribution in [2.45, 2.75) is 39.5 Å². The van der Waals surface area contributed by atoms with Crippen LogP contribution in [0.4, 0.5) is 13.2 Å². The Kier molecular flexibility index (Phi) is 6.48. The number of alkyl halides is 3. The van der Waals surface area contributed by atoms with Crippen molar-refractivity contribution < 1.29 is 26.3 Å². The SMILES string of the molecule is CC(C)COC(C)c1cc2c(=O)n(NS(C)(=O)=O)c(=O)[nH]c2cc1CC(F)(F)F. The molecule has 0 aliphatic heterocycles. The summed E-state index contributed by atoms with van der Waals surface area (Å²) in [6.45, 7) is 5.60. The third kappa shape index (κ3) is 6.07. The highest BCUT2D eigenvalue weighted by molar-refractivity contribution is 7.91. The molecule has 0 radical (unpaired) electrons. The lowest BCUT2D eigenvalue weighted by Gasteiger charge is -2.20. The standard InChI is InChI=1S/C17H22F3N3O5S/c1-9(2)8-28-10(3)12-6-13-14(5-11(12)7-17(18,19)20)21-16(25)23(15(13)24)22-29(4,26)27/h5-6,9-10,22H,7-8H2,1-4H3,(H,21,25). The minimum absolute atomic E-state index is 0.130. The van der Waals surface area contributed by atoms with Gasteiger partial charge in [-0.1, -0.05) is 13.8 Å². The first-order valence-corrected chi connectivity index (χ1v) is 10.5. The summed E-state index contributed by atoms with van der Waals surface area (Å²) in [5.41, 5.74) is -2.28. The van der Waals surface area contributed by atoms with E-state index in [1.165, 1.54) is 6.07 Å². The molecule has 0 aliphatic rings. The van der Waals surface area contributed by atoms with Crippen LogP contribution in [-0.2, 0) is 21.2 Å². The molecule has 2 N–H and O–H groups in total. The lowest BCUT2D eigenvalue weighted by Crippen LogP contribution is -2.43. The van der Waals surface area contributed by atoms with Gasteiger partial charge >= 0.3 is 11.9 Å². The smallest absolute Gasteiger partial charge is 0.374 e. The number of hydrogen-bond donors (Lipinski definition) is 2. The van der Waals surface area contributed by atoms with E-state index >= 15 is 0 Å². The summed E-state index contributed by atoms with van der Waals surface area (Å²) in [6.07, 6.45) is -5.81. The molecule has 1 aromatic heterocycles. The Morgan fingerprint density at radius 2 is 1.83 bits per heavy atom. The van der Waals surface area contributed by atoms with E-state index in [2.05, 4.69) is 4.98 Å². The normalized spacial score (nSPS) is 13.8. The molecular weight excluding hydrogens is 415 g/mol. The van der Waals surface area contributed by atoms with Crippen LogP contribution < -0.4 is 16.1 Å². The molecule has 2 aromatic rings. The highest BCUT2D eigenvalue weighted by Gasteiger charge is 2.30. The molecule has 0 amide bonds. The van der Waals surface area contributed by atoms with Gasteiger partial charge in [-0.25, -0.2) is 18.0 Å². The molecule has 0 fully saturated rings. The van der Waals surface area contributed by atoms with Gasteiger partial charge in [0.05, 0.1) is 29.7 Å². The fourth-order valence-electron chi connectivity index (χ4n) is 2.75. The van der Waals surface area contributed by atoms with Crippen LogP contribution in [-0.4, -0.2) is 37.1 Å². The van der Waals surface area contributed by atoms with Crippen molar-refractivity contribution >= 4 is 20.9 Å². The number of ether oxygens (including phenoxy) is 1. The third-order valence-electron chi connectivity index (χ3n) is 3.92. The quantitative estimate of drug-likeness (QED) is 0.689. The molecule has 0 spiro atoms. The molecular formula is C17H22F3N3O5S. The number of aromatic nitrogens is 2. The second-order valence-corrected chi connectivity index (χ2v) is 8.92. The Balaban J connectivity index is 2.72. The molecule has 12 heteroatoms. The summed E-state index contributed by atoms with van der Waals surface area (Å²) in [6, 6.07) is 2.26. The van der Waals surface area contributed by atoms with Crippen LogP contribution >= 0.6 is 0 Å². The van der Waals surface area contributed by atoms with Gasteiger partial charge in [0.15, 0.2) is 0 Å². The lowest BCUT2D eigenvalue weighted by molar-refractivity contribution is -0.127. The topological polar surface area (TPSA) is 110 Å². The summed E-state index contributed by atoms with van der Waals surface area (Å²) in [5, 5.41) is -0.151. The first-order chi connectivity index (χ1) is 13.2. The highest BCUT2D eigenvalue weighted by atomic mass is 32.2. The van der Waals surface area contributed by atoms with Gasteiger partial charge in [-0.3, -0.25) is 4.79 Å². The van der Waals surface area contributed by atoms with Gasteiger partial charge in [-0.15, -0.1) is 0 Å². The average Bonchev–Trinajstić information content (AvgIpc) is 2.53. The lowest BCUT2D eigenvalue weighted by atomic mass is 9.97. The Hall–Kier alpha value is -2.34. The Morgan fingerprint density at radius 1 is 1.21 bits per heavy atom. The molecule has 0 saturated carbocycles. The summed E-state index contributed by atoms with van der Waals surface area (Å²) >= 11 is 0. The molecule has 8 nitrogen and oxygen atoms in total. The van der Waals surface area contributed by atoms with Gasteiger partial charge < -0.3 is 9.72 Å². The molecule has 1 atom stereocenters. The van der Waals surface area contributed by atoms with Crippen LogP contribution in [0.25, 0.3) is 10.9 Å². The van der Waals surface area contributed by atoms with Gasteiger partial charge in [0, 0.05) is 6.61 Å². The summed E-state index contributed by atoms with van der Waals surface area (Å²) < 4.78 is 67.8. The molecule has 0 saturated heterocycles. The first-order valence-electron chi connectivity index (χ1n) is 8.66. The number of fused-ring (bicyclic) bond motifs is 1. The van der Waals surface area contributed by atoms with Crippen LogP contribution in [0.3, 0.4) is 0 Å². The number of benzene rings is 1. The van der Waals surface area contributed by atoms with Gasteiger partial charge in [-0.2, -0.15) is 17.8 Å². The number of hydrogen-bond acceptors (Lipinski definition) is 5. The van der Waals surface area contributed by atoms with Crippen molar-refractivity contribution in [3.8, 4) is 0 Å². The largest absolute Gasteiger partial charge is 0.393 e. The van der Waals surface area contributed by atoms with Crippen molar-refractivity contribution in [2.75, 3.05) is 17.7 Å². The summed E-state index contributed by atoms with van der Waals surface area (Å²) in [4.78, 5) is 28.7. The maximum absolute atomic E-state index is 13.1. The fourth-order valence-corrected chi connectivity index (χ4v) is 3.25. The van der Waals surface area contributed by atoms with Crippen molar-refractivity contribution in [3.05, 3.63) is 44.1 Å². The number of halogens is 3. The summed E-state index contributed by atoms with van der Waals surface area (Å²) in [5.74, 6) is 0.136. The van der Waals surface area contributed by atoms with Crippen LogP contribution in [0.5, 0.6) is 0 Å². The van der Waals surface area contributed by atoms with Crippen molar-refractivity contribution in [3.63, 3.8) is 0 Å². The average molecular weight is 437 g/mol. The number of sulfonamides is 1. The zero-order valence-corrected chi connectivity index (χ0v) is 17.1. The maximum Gasteiger partial charge on any atom is 0.393 e. The van der Waals surface area contributed by atoms with E-state index in [4.69, 9.17) is 4.74 Å². The molecule has 0 bridgehead atoms. The second kappa shape index (κ2) is 8.19. The van der Waals surface area contributed by atoms with Gasteiger partial charge in [0.25, 0.3) is 5.56 Å². The Labute approximate surface area is 164 Å². The predicted molar refractivity (Wildman–Crippen MR) is 102 cm³/mol. The van der Waals surface area contributed by atoms with Crippen LogP contribution in [0.1, 0.15) is 38.0 Å². The van der Waals surface area contributed by atoms with Crippen molar-refractivity contribution in [2.24, 2.45) is 5.92 Å². The van der Waals surface area contributed by atoms with E-state index in [0.29, 0.717) is 0 Å². The number of H-pyrrole nitrogens is 1. The summed E-state index contributed by atoms with van der Waals surface area (Å²) in [7, 11) is -3.95. The molecule has 0 aliphatic carbocycles. The van der Waals surface area contributed by atoms with Crippen molar-refractivity contribution in [1.82, 2.24) is 9.66 Å². The van der Waals surface area contributed by atoms with Crippen LogP contribution in [0, 0.1) is 5.92 Å². The number of nitrogens with zero attached hydrogens (tertiary/aromatic N) is 1. The first kappa shape index (κ1) is 22.9. The Morgan fingerprint density at radius 3 is 2.34 bits per heavy atom. The molecule has 29 heavy (non-hydrogen) atoms. The number of nitrogens with one attached hydrogen (secondary N) is 2. The van der Waals surface area contributed by atoms with E-state index in [9.17, 15) is 31.2 Å². The molecule has 1 unspecified atom stereocenters. The maximum atomic E-state index is 13.1. The van der Waals surface area contributed by atoms with E-state index in [0.717, 1.165) is 12.3 Å². The third-order valence-corrected chi connectivity index (χ3v) is 4.44. The van der Waals surface area contributed by atoms with Crippen LogP contribution in [0.2, 0.25) is 0 Å². The van der Waals surface area contributed by atoms with E-state index < -0.39 is 40.0 Å². The molecule has 1 aromatic carbocycles. The molecule has 1 heterocycles.